The van der Waals surface area contributed by atoms with E-state index >= 15 is 0 Å². The fourth-order valence-corrected chi connectivity index (χ4v) is 2.72. The van der Waals surface area contributed by atoms with Gasteiger partial charge < -0.3 is 10.1 Å². The summed E-state index contributed by atoms with van der Waals surface area (Å²) in [6.07, 6.45) is 1.59. The second kappa shape index (κ2) is 6.70. The lowest BCUT2D eigenvalue weighted by Crippen LogP contribution is -2.30. The average Bonchev–Trinajstić information content (AvgIpc) is 2.89. The van der Waals surface area contributed by atoms with E-state index in [9.17, 15) is 14.9 Å². The number of hydrogen-bond donors (Lipinski definition) is 1. The lowest BCUT2D eigenvalue weighted by atomic mass is 10.1. The summed E-state index contributed by atoms with van der Waals surface area (Å²) in [5.41, 5.74) is 1.45. The molecule has 0 aliphatic carbocycles. The fourth-order valence-electron chi connectivity index (χ4n) is 2.43. The van der Waals surface area contributed by atoms with E-state index in [-0.39, 0.29) is 22.4 Å². The van der Waals surface area contributed by atoms with Gasteiger partial charge in [0.1, 0.15) is 11.4 Å². The van der Waals surface area contributed by atoms with Crippen LogP contribution in [0, 0.1) is 10.1 Å². The quantitative estimate of drug-likeness (QED) is 0.393. The van der Waals surface area contributed by atoms with E-state index in [0.29, 0.717) is 17.0 Å². The van der Waals surface area contributed by atoms with Crippen LogP contribution in [0.1, 0.15) is 5.56 Å². The van der Waals surface area contributed by atoms with Crippen molar-refractivity contribution < 1.29 is 14.5 Å². The highest BCUT2D eigenvalue weighted by molar-refractivity contribution is 7.80. The molecule has 3 rings (SSSR count). The van der Waals surface area contributed by atoms with Gasteiger partial charge in [0, 0.05) is 12.1 Å². The molecule has 1 aliphatic heterocycles. The molecule has 1 fully saturated rings. The number of hydrogen-bond acceptors (Lipinski definition) is 5. The van der Waals surface area contributed by atoms with Gasteiger partial charge in [-0.25, -0.2) is 4.90 Å². The third kappa shape index (κ3) is 3.20. The number of non-ortho nitro benzene ring substituents is 1. The molecule has 8 heteroatoms. The number of benzene rings is 2. The van der Waals surface area contributed by atoms with Gasteiger partial charge in [0.15, 0.2) is 5.11 Å². The summed E-state index contributed by atoms with van der Waals surface area (Å²) in [5, 5.41) is 13.8. The van der Waals surface area contributed by atoms with E-state index in [4.69, 9.17) is 17.0 Å². The van der Waals surface area contributed by atoms with E-state index in [1.165, 1.54) is 24.1 Å². The number of ether oxygens (including phenoxy) is 1. The molecule has 1 aliphatic rings. The number of carbonyl (C=O) groups is 1. The van der Waals surface area contributed by atoms with Crippen molar-refractivity contribution in [3.63, 3.8) is 0 Å². The summed E-state index contributed by atoms with van der Waals surface area (Å²) < 4.78 is 5.28. The van der Waals surface area contributed by atoms with E-state index < -0.39 is 4.92 Å². The first-order chi connectivity index (χ1) is 12.0. The Hall–Kier alpha value is -3.26. The van der Waals surface area contributed by atoms with Crippen molar-refractivity contribution in [2.24, 2.45) is 0 Å². The van der Waals surface area contributed by atoms with Crippen LogP contribution in [0.25, 0.3) is 6.08 Å². The van der Waals surface area contributed by atoms with Gasteiger partial charge in [0.2, 0.25) is 0 Å². The van der Waals surface area contributed by atoms with E-state index in [2.05, 4.69) is 5.32 Å². The monoisotopic (exact) mass is 355 g/mol. The zero-order valence-corrected chi connectivity index (χ0v) is 13.9. The lowest BCUT2D eigenvalue weighted by molar-refractivity contribution is -0.384. The first-order valence-corrected chi connectivity index (χ1v) is 7.66. The van der Waals surface area contributed by atoms with Crippen LogP contribution >= 0.6 is 12.2 Å². The Balaban J connectivity index is 1.92. The second-order valence-electron chi connectivity index (χ2n) is 5.15. The van der Waals surface area contributed by atoms with Crippen molar-refractivity contribution in [1.29, 1.82) is 0 Å². The lowest BCUT2D eigenvalue weighted by Gasteiger charge is -2.17. The number of amides is 1. The van der Waals surface area contributed by atoms with E-state index in [1.807, 2.05) is 0 Å². The summed E-state index contributed by atoms with van der Waals surface area (Å²) in [5.74, 6) is 0.199. The number of anilines is 1. The van der Waals surface area contributed by atoms with Crippen molar-refractivity contribution in [2.45, 2.75) is 0 Å². The van der Waals surface area contributed by atoms with Gasteiger partial charge >= 0.3 is 0 Å². The Morgan fingerprint density at radius 2 is 1.88 bits per heavy atom. The molecule has 1 saturated heterocycles. The van der Waals surface area contributed by atoms with Crippen LogP contribution in [0.2, 0.25) is 0 Å². The molecular weight excluding hydrogens is 342 g/mol. The van der Waals surface area contributed by atoms with Crippen LogP contribution in [-0.4, -0.2) is 23.1 Å². The minimum atomic E-state index is -0.478. The smallest absolute Gasteiger partial charge is 0.281 e. The highest BCUT2D eigenvalue weighted by Gasteiger charge is 2.33. The van der Waals surface area contributed by atoms with Gasteiger partial charge in [-0.3, -0.25) is 14.9 Å². The predicted molar refractivity (Wildman–Crippen MR) is 97.3 cm³/mol. The number of methoxy groups -OCH3 is 1. The third-order valence-electron chi connectivity index (χ3n) is 3.62. The van der Waals surface area contributed by atoms with Crippen LogP contribution in [0.3, 0.4) is 0 Å². The Bertz CT molecular complexity index is 893. The standard InChI is InChI=1S/C17H13N3O4S/c1-24-15-5-3-2-4-14(15)19-16(21)13(18-17(19)25)10-11-6-8-12(9-7-11)20(22)23/h2-10H,1H3,(H,18,25)/b13-10+. The van der Waals surface area contributed by atoms with Gasteiger partial charge in [0.25, 0.3) is 11.6 Å². The SMILES string of the molecule is COc1ccccc1N1C(=O)/C(=C\c2ccc([N+](=O)[O-])cc2)NC1=S. The summed E-state index contributed by atoms with van der Waals surface area (Å²) in [6, 6.07) is 12.9. The summed E-state index contributed by atoms with van der Waals surface area (Å²) in [4.78, 5) is 24.3. The number of para-hydroxylation sites is 2. The number of nitro benzene ring substituents is 1. The summed E-state index contributed by atoms with van der Waals surface area (Å²) >= 11 is 5.26. The molecule has 0 aromatic heterocycles. The fraction of sp³-hybridized carbons (Fsp3) is 0.0588. The van der Waals surface area contributed by atoms with Gasteiger partial charge in [0.05, 0.1) is 17.7 Å². The third-order valence-corrected chi connectivity index (χ3v) is 3.90. The minimum absolute atomic E-state index is 0.0148. The van der Waals surface area contributed by atoms with Crippen molar-refractivity contribution in [1.82, 2.24) is 5.32 Å². The topological polar surface area (TPSA) is 84.7 Å². The van der Waals surface area contributed by atoms with Crippen LogP contribution in [0.5, 0.6) is 5.75 Å². The zero-order chi connectivity index (χ0) is 18.0. The average molecular weight is 355 g/mol. The largest absolute Gasteiger partial charge is 0.495 e. The number of nitrogens with one attached hydrogen (secondary N) is 1. The number of nitrogens with zero attached hydrogens (tertiary/aromatic N) is 2. The molecule has 0 radical (unpaired) electrons. The van der Waals surface area contributed by atoms with Crippen LogP contribution in [0.4, 0.5) is 11.4 Å². The Morgan fingerprint density at radius 3 is 2.52 bits per heavy atom. The Labute approximate surface area is 148 Å². The minimum Gasteiger partial charge on any atom is -0.495 e. The first kappa shape index (κ1) is 16.6. The van der Waals surface area contributed by atoms with Gasteiger partial charge in [-0.05, 0) is 48.1 Å². The molecular formula is C17H13N3O4S. The highest BCUT2D eigenvalue weighted by Crippen LogP contribution is 2.31. The molecule has 25 heavy (non-hydrogen) atoms. The maximum atomic E-state index is 12.7. The molecule has 0 unspecified atom stereocenters. The second-order valence-corrected chi connectivity index (χ2v) is 5.54. The Morgan fingerprint density at radius 1 is 1.20 bits per heavy atom. The van der Waals surface area contributed by atoms with E-state index in [1.54, 1.807) is 42.5 Å². The maximum absolute atomic E-state index is 12.7. The van der Waals surface area contributed by atoms with Crippen molar-refractivity contribution >= 4 is 40.7 Å². The van der Waals surface area contributed by atoms with Crippen molar-refractivity contribution in [3.05, 3.63) is 69.9 Å². The molecule has 7 nitrogen and oxygen atoms in total. The maximum Gasteiger partial charge on any atom is 0.281 e. The Kier molecular flexibility index (Phi) is 4.44. The van der Waals surface area contributed by atoms with E-state index in [0.717, 1.165) is 0 Å². The number of thiocarbonyl (C=S) groups is 1. The molecule has 0 bridgehead atoms. The van der Waals surface area contributed by atoms with Crippen LogP contribution in [0.15, 0.2) is 54.2 Å². The predicted octanol–water partition coefficient (Wildman–Crippen LogP) is 2.87. The van der Waals surface area contributed by atoms with Gasteiger partial charge in [-0.1, -0.05) is 12.1 Å². The highest BCUT2D eigenvalue weighted by atomic mass is 32.1. The number of rotatable bonds is 4. The molecule has 1 N–H and O–H groups in total. The van der Waals surface area contributed by atoms with Crippen LogP contribution in [-0.2, 0) is 4.79 Å². The molecule has 1 amide bonds. The molecule has 0 saturated carbocycles. The number of nitro groups is 1. The zero-order valence-electron chi connectivity index (χ0n) is 13.1. The van der Waals surface area contributed by atoms with Gasteiger partial charge in [-0.15, -0.1) is 0 Å². The molecule has 0 spiro atoms. The molecule has 2 aromatic rings. The summed E-state index contributed by atoms with van der Waals surface area (Å²) in [6.45, 7) is 0. The molecule has 126 valence electrons. The molecule has 0 atom stereocenters. The molecule has 2 aromatic carbocycles. The van der Waals surface area contributed by atoms with Gasteiger partial charge in [-0.2, -0.15) is 0 Å². The van der Waals surface area contributed by atoms with Crippen molar-refractivity contribution in [2.75, 3.05) is 12.0 Å². The molecule has 1 heterocycles. The number of carbonyl (C=O) groups excluding carboxylic acids is 1. The van der Waals surface area contributed by atoms with Crippen molar-refractivity contribution in [3.8, 4) is 5.75 Å². The summed E-state index contributed by atoms with van der Waals surface area (Å²) in [7, 11) is 1.52. The normalized spacial score (nSPS) is 15.4. The first-order valence-electron chi connectivity index (χ1n) is 7.26. The van der Waals surface area contributed by atoms with Crippen LogP contribution < -0.4 is 15.0 Å².